The van der Waals surface area contributed by atoms with Crippen molar-refractivity contribution in [2.45, 2.75) is 0 Å². The van der Waals surface area contributed by atoms with Crippen LogP contribution in [0.1, 0.15) is 0 Å². The van der Waals surface area contributed by atoms with Gasteiger partial charge in [-0.05, 0) is 12.1 Å². The van der Waals surface area contributed by atoms with E-state index in [4.69, 9.17) is 26.5 Å². The third-order valence-electron chi connectivity index (χ3n) is 4.86. The first-order valence-electron chi connectivity index (χ1n) is 9.37. The van der Waals surface area contributed by atoms with Gasteiger partial charge in [-0.25, -0.2) is 15.0 Å². The molecule has 1 fully saturated rings. The first-order valence-corrected chi connectivity index (χ1v) is 9.75. The predicted octanol–water partition coefficient (Wildman–Crippen LogP) is 2.99. The number of aromatic nitrogens is 3. The van der Waals surface area contributed by atoms with E-state index in [0.29, 0.717) is 22.3 Å². The van der Waals surface area contributed by atoms with Gasteiger partial charge in [0, 0.05) is 32.2 Å². The van der Waals surface area contributed by atoms with E-state index in [0.717, 1.165) is 26.2 Å². The highest BCUT2D eigenvalue weighted by Gasteiger charge is 2.16. The topological polar surface area (TPSA) is 119 Å². The van der Waals surface area contributed by atoms with Crippen LogP contribution in [0.15, 0.2) is 45.9 Å². The van der Waals surface area contributed by atoms with Gasteiger partial charge >= 0.3 is 0 Å². The van der Waals surface area contributed by atoms with E-state index in [1.54, 1.807) is 30.6 Å². The van der Waals surface area contributed by atoms with Crippen molar-refractivity contribution in [3.05, 3.63) is 51.9 Å². The molecule has 160 valence electrons. The monoisotopic (exact) mass is 460 g/mol. The molecule has 9 nitrogen and oxygen atoms in total. The van der Waals surface area contributed by atoms with E-state index in [1.165, 1.54) is 6.07 Å². The Morgan fingerprint density at radius 1 is 1.16 bits per heavy atom. The zero-order valence-electron chi connectivity index (χ0n) is 16.2. The Morgan fingerprint density at radius 3 is 2.65 bits per heavy atom. The lowest BCUT2D eigenvalue weighted by Crippen LogP contribution is -2.44. The molecule has 11 heteroatoms. The van der Waals surface area contributed by atoms with Crippen LogP contribution in [0.4, 0.5) is 11.8 Å². The Balaban J connectivity index is 0.00000231. The van der Waals surface area contributed by atoms with Crippen LogP contribution in [-0.4, -0.2) is 41.1 Å². The molecule has 3 aromatic heterocycles. The van der Waals surface area contributed by atoms with Gasteiger partial charge in [-0.1, -0.05) is 17.7 Å². The zero-order valence-corrected chi connectivity index (χ0v) is 17.7. The third-order valence-corrected chi connectivity index (χ3v) is 5.17. The van der Waals surface area contributed by atoms with Crippen LogP contribution in [0.25, 0.3) is 22.1 Å². The summed E-state index contributed by atoms with van der Waals surface area (Å²) in [5, 5.41) is 3.85. The Bertz CT molecular complexity index is 1310. The normalized spacial score (nSPS) is 13.9. The van der Waals surface area contributed by atoms with Gasteiger partial charge in [0.2, 0.25) is 11.4 Å². The number of rotatable bonds is 3. The first-order chi connectivity index (χ1) is 14.6. The number of halogens is 2. The van der Waals surface area contributed by atoms with Crippen molar-refractivity contribution in [3.8, 4) is 11.5 Å². The minimum atomic E-state index is -0.348. The molecule has 1 aliphatic heterocycles. The van der Waals surface area contributed by atoms with Gasteiger partial charge in [-0.15, -0.1) is 12.4 Å². The maximum Gasteiger partial charge on any atom is 0.225 e. The van der Waals surface area contributed by atoms with Gasteiger partial charge in [0.25, 0.3) is 0 Å². The highest BCUT2D eigenvalue weighted by molar-refractivity contribution is 6.35. The number of piperazine rings is 1. The molecule has 0 unspecified atom stereocenters. The summed E-state index contributed by atoms with van der Waals surface area (Å²) in [6.45, 7) is 3.48. The molecule has 0 spiro atoms. The number of benzene rings is 1. The van der Waals surface area contributed by atoms with Gasteiger partial charge in [0.15, 0.2) is 28.4 Å². The molecule has 31 heavy (non-hydrogen) atoms. The summed E-state index contributed by atoms with van der Waals surface area (Å²) in [5.74, 6) is 1.33. The number of nitrogens with two attached hydrogens (primary N) is 1. The second-order valence-electron chi connectivity index (χ2n) is 6.82. The molecule has 1 aromatic carbocycles. The highest BCUT2D eigenvalue weighted by Crippen LogP contribution is 2.31. The molecule has 0 bridgehead atoms. The minimum Gasteiger partial charge on any atom is -0.454 e. The fraction of sp³-hybridized carbons (Fsp3) is 0.200. The van der Waals surface area contributed by atoms with Crippen LogP contribution < -0.4 is 26.1 Å². The standard InChI is InChI=1S/C20H17ClN6O3.ClH/c21-12-2-1-3-13-16(12)18(28)17-14(30-13)8-15(19(22)26-17)29-11-9-24-20(25-10-11)27-6-4-23-5-7-27;/h1-3,8-10,23H,4-7H2,(H2,22,26);1H. The number of anilines is 2. The molecule has 1 aliphatic rings. The number of fused-ring (bicyclic) bond motifs is 2. The summed E-state index contributed by atoms with van der Waals surface area (Å²) < 4.78 is 11.6. The molecule has 0 amide bonds. The fourth-order valence-corrected chi connectivity index (χ4v) is 3.63. The van der Waals surface area contributed by atoms with Crippen LogP contribution in [0.5, 0.6) is 11.5 Å². The first kappa shape index (κ1) is 21.1. The molecular weight excluding hydrogens is 443 g/mol. The van der Waals surface area contributed by atoms with Crippen molar-refractivity contribution in [1.29, 1.82) is 0 Å². The maximum atomic E-state index is 12.8. The predicted molar refractivity (Wildman–Crippen MR) is 122 cm³/mol. The van der Waals surface area contributed by atoms with Crippen LogP contribution >= 0.6 is 24.0 Å². The molecule has 4 aromatic rings. The van der Waals surface area contributed by atoms with Crippen molar-refractivity contribution in [1.82, 2.24) is 20.3 Å². The molecule has 0 saturated carbocycles. The van der Waals surface area contributed by atoms with E-state index >= 15 is 0 Å². The van der Waals surface area contributed by atoms with Crippen molar-refractivity contribution >= 4 is 57.8 Å². The lowest BCUT2D eigenvalue weighted by Gasteiger charge is -2.27. The SMILES string of the molecule is Cl.Nc1nc2c(=O)c3c(Cl)cccc3oc2cc1Oc1cnc(N2CCNCC2)nc1. The Kier molecular flexibility index (Phi) is 5.81. The van der Waals surface area contributed by atoms with Gasteiger partial charge < -0.3 is 25.1 Å². The Labute approximate surface area is 187 Å². The molecule has 5 rings (SSSR count). The van der Waals surface area contributed by atoms with Crippen LogP contribution in [-0.2, 0) is 0 Å². The van der Waals surface area contributed by atoms with Gasteiger partial charge in [-0.3, -0.25) is 4.79 Å². The molecule has 0 atom stereocenters. The summed E-state index contributed by atoms with van der Waals surface area (Å²) in [7, 11) is 0. The summed E-state index contributed by atoms with van der Waals surface area (Å²) >= 11 is 6.15. The number of hydrogen-bond donors (Lipinski definition) is 2. The van der Waals surface area contributed by atoms with E-state index in [1.807, 2.05) is 0 Å². The Hall–Kier alpha value is -3.14. The van der Waals surface area contributed by atoms with Gasteiger partial charge in [-0.2, -0.15) is 0 Å². The fourth-order valence-electron chi connectivity index (χ4n) is 3.38. The molecule has 0 radical (unpaired) electrons. The second kappa shape index (κ2) is 8.54. The smallest absolute Gasteiger partial charge is 0.225 e. The molecule has 3 N–H and O–H groups in total. The number of hydrogen-bond acceptors (Lipinski definition) is 9. The average Bonchev–Trinajstić information content (AvgIpc) is 2.76. The largest absolute Gasteiger partial charge is 0.454 e. The number of pyridine rings is 1. The molecule has 4 heterocycles. The number of nitrogens with zero attached hydrogens (tertiary/aromatic N) is 4. The number of ether oxygens (including phenoxy) is 1. The highest BCUT2D eigenvalue weighted by atomic mass is 35.5. The van der Waals surface area contributed by atoms with Gasteiger partial charge in [0.05, 0.1) is 22.8 Å². The van der Waals surface area contributed by atoms with Crippen molar-refractivity contribution in [3.63, 3.8) is 0 Å². The van der Waals surface area contributed by atoms with Crippen LogP contribution in [0.2, 0.25) is 5.02 Å². The Morgan fingerprint density at radius 2 is 1.90 bits per heavy atom. The number of nitrogen functional groups attached to an aromatic ring is 1. The van der Waals surface area contributed by atoms with Gasteiger partial charge in [0.1, 0.15) is 5.58 Å². The van der Waals surface area contributed by atoms with Crippen molar-refractivity contribution in [2.24, 2.45) is 0 Å². The number of nitrogens with one attached hydrogen (secondary N) is 1. The summed E-state index contributed by atoms with van der Waals surface area (Å²) in [6.07, 6.45) is 3.15. The van der Waals surface area contributed by atoms with E-state index in [2.05, 4.69) is 25.2 Å². The second-order valence-corrected chi connectivity index (χ2v) is 7.23. The van der Waals surface area contributed by atoms with E-state index in [9.17, 15) is 4.79 Å². The van der Waals surface area contributed by atoms with Crippen LogP contribution in [0, 0.1) is 0 Å². The zero-order chi connectivity index (χ0) is 20.7. The molecular formula is C20H18Cl2N6O3. The maximum absolute atomic E-state index is 12.8. The van der Waals surface area contributed by atoms with Crippen LogP contribution in [0.3, 0.4) is 0 Å². The lowest BCUT2D eigenvalue weighted by atomic mass is 10.2. The molecule has 1 saturated heterocycles. The third kappa shape index (κ3) is 3.95. The van der Waals surface area contributed by atoms with Crippen molar-refractivity contribution < 1.29 is 9.15 Å². The van der Waals surface area contributed by atoms with E-state index in [-0.39, 0.29) is 45.9 Å². The molecule has 0 aliphatic carbocycles. The summed E-state index contributed by atoms with van der Waals surface area (Å²) in [4.78, 5) is 27.8. The minimum absolute atomic E-state index is 0. The quantitative estimate of drug-likeness (QED) is 0.444. The summed E-state index contributed by atoms with van der Waals surface area (Å²) in [6, 6.07) is 6.53. The van der Waals surface area contributed by atoms with E-state index < -0.39 is 0 Å². The summed E-state index contributed by atoms with van der Waals surface area (Å²) in [5.41, 5.74) is 6.38. The lowest BCUT2D eigenvalue weighted by molar-refractivity contribution is 0.476. The van der Waals surface area contributed by atoms with Crippen molar-refractivity contribution in [2.75, 3.05) is 36.8 Å². The average molecular weight is 461 g/mol.